The van der Waals surface area contributed by atoms with Gasteiger partial charge >= 0.3 is 0 Å². The van der Waals surface area contributed by atoms with Gasteiger partial charge in [0.2, 0.25) is 0 Å². The second-order valence-electron chi connectivity index (χ2n) is 6.93. The Kier molecular flexibility index (Phi) is 5.78. The summed E-state index contributed by atoms with van der Waals surface area (Å²) in [5, 5.41) is 0. The molecule has 1 unspecified atom stereocenters. The summed E-state index contributed by atoms with van der Waals surface area (Å²) < 4.78 is 2.40. The lowest BCUT2D eigenvalue weighted by atomic mass is 10.0. The van der Waals surface area contributed by atoms with Gasteiger partial charge in [-0.2, -0.15) is 0 Å². The zero-order chi connectivity index (χ0) is 19.3. The van der Waals surface area contributed by atoms with Crippen LogP contribution in [0.25, 0.3) is 17.8 Å². The summed E-state index contributed by atoms with van der Waals surface area (Å²) >= 11 is 3.89. The molecule has 0 N–H and O–H groups in total. The predicted molar refractivity (Wildman–Crippen MR) is 124 cm³/mol. The van der Waals surface area contributed by atoms with E-state index in [1.54, 1.807) is 0 Å². The molecule has 0 bridgehead atoms. The van der Waals surface area contributed by atoms with E-state index >= 15 is 0 Å². The molecule has 1 atom stereocenters. The van der Waals surface area contributed by atoms with E-state index in [0.717, 1.165) is 12.8 Å². The molecule has 0 fully saturated rings. The molecule has 1 aromatic heterocycles. The molecule has 1 nitrogen and oxygen atoms in total. The minimum atomic E-state index is 0.221. The van der Waals surface area contributed by atoms with Crippen LogP contribution >= 0.6 is 15.9 Å². The topological polar surface area (TPSA) is 4.93 Å². The molecule has 0 amide bonds. The van der Waals surface area contributed by atoms with E-state index in [2.05, 4.69) is 125 Å². The summed E-state index contributed by atoms with van der Waals surface area (Å²) in [6.45, 7) is 2.25. The van der Waals surface area contributed by atoms with Crippen LogP contribution in [0.3, 0.4) is 0 Å². The smallest absolute Gasteiger partial charge is 0.0602 e. The Morgan fingerprint density at radius 1 is 0.964 bits per heavy atom. The van der Waals surface area contributed by atoms with E-state index in [9.17, 15) is 0 Å². The molecule has 1 heterocycles. The number of fused-ring (bicyclic) bond motifs is 1. The van der Waals surface area contributed by atoms with Crippen LogP contribution in [-0.4, -0.2) is 4.57 Å². The minimum Gasteiger partial charge on any atom is -0.310 e. The van der Waals surface area contributed by atoms with Gasteiger partial charge in [-0.25, -0.2) is 0 Å². The number of allylic oxidation sites excluding steroid dienone is 4. The Labute approximate surface area is 175 Å². The standard InChI is InChI=1S/C26H24BrN/c1-2-22-24(19-11-14-20-12-5-3-6-13-20)28(21-15-7-4-8-16-21)25-18-10-9-17-23(27)26(22)25/h3-13,15-19,23H,2,14H2,1H3/b19-11-. The first-order chi connectivity index (χ1) is 13.8. The monoisotopic (exact) mass is 429 g/mol. The molecule has 0 radical (unpaired) electrons. The van der Waals surface area contributed by atoms with Crippen molar-refractivity contribution in [3.63, 3.8) is 0 Å². The molecule has 1 aliphatic carbocycles. The normalized spacial score (nSPS) is 15.7. The number of nitrogens with zero attached hydrogens (tertiary/aromatic N) is 1. The van der Waals surface area contributed by atoms with Gasteiger partial charge in [-0.15, -0.1) is 0 Å². The summed E-state index contributed by atoms with van der Waals surface area (Å²) in [4.78, 5) is 0.221. The van der Waals surface area contributed by atoms with Crippen LogP contribution in [-0.2, 0) is 12.8 Å². The van der Waals surface area contributed by atoms with Crippen LogP contribution < -0.4 is 0 Å². The van der Waals surface area contributed by atoms with Crippen molar-refractivity contribution >= 4 is 28.1 Å². The minimum absolute atomic E-state index is 0.221. The number of benzene rings is 2. The van der Waals surface area contributed by atoms with E-state index in [1.807, 2.05) is 0 Å². The quantitative estimate of drug-likeness (QED) is 0.374. The number of para-hydroxylation sites is 1. The number of rotatable bonds is 5. The van der Waals surface area contributed by atoms with Crippen molar-refractivity contribution in [3.05, 3.63) is 113 Å². The Hall–Kier alpha value is -2.58. The molecule has 4 rings (SSSR count). The van der Waals surface area contributed by atoms with Gasteiger partial charge in [0.1, 0.15) is 0 Å². The molecular weight excluding hydrogens is 406 g/mol. The number of hydrogen-bond donors (Lipinski definition) is 0. The average Bonchev–Trinajstić information content (AvgIpc) is 2.93. The van der Waals surface area contributed by atoms with Gasteiger partial charge < -0.3 is 4.57 Å². The second kappa shape index (κ2) is 8.62. The van der Waals surface area contributed by atoms with Crippen molar-refractivity contribution in [1.82, 2.24) is 4.57 Å². The van der Waals surface area contributed by atoms with Crippen molar-refractivity contribution in [1.29, 1.82) is 0 Å². The maximum Gasteiger partial charge on any atom is 0.0602 e. The van der Waals surface area contributed by atoms with E-state index < -0.39 is 0 Å². The number of hydrogen-bond acceptors (Lipinski definition) is 0. The Balaban J connectivity index is 1.85. The fourth-order valence-electron chi connectivity index (χ4n) is 3.88. The lowest BCUT2D eigenvalue weighted by Gasteiger charge is -2.11. The predicted octanol–water partition coefficient (Wildman–Crippen LogP) is 7.31. The van der Waals surface area contributed by atoms with Crippen LogP contribution in [0.15, 0.2) is 85.0 Å². The van der Waals surface area contributed by atoms with Crippen LogP contribution in [0.2, 0.25) is 0 Å². The fraction of sp³-hybridized carbons (Fsp3) is 0.154. The second-order valence-corrected chi connectivity index (χ2v) is 7.91. The number of aromatic nitrogens is 1. The molecule has 2 heteroatoms. The molecule has 0 saturated carbocycles. The first-order valence-corrected chi connectivity index (χ1v) is 10.7. The van der Waals surface area contributed by atoms with Crippen molar-refractivity contribution in [3.8, 4) is 5.69 Å². The zero-order valence-electron chi connectivity index (χ0n) is 16.1. The highest BCUT2D eigenvalue weighted by atomic mass is 79.9. The van der Waals surface area contributed by atoms with Crippen molar-refractivity contribution in [2.45, 2.75) is 24.6 Å². The highest BCUT2D eigenvalue weighted by Crippen LogP contribution is 2.39. The molecule has 2 aromatic carbocycles. The molecule has 0 spiro atoms. The molecule has 28 heavy (non-hydrogen) atoms. The SMILES string of the molecule is CCc1c2c(n(-c3ccccc3)c1/C=C\Cc1ccccc1)C=CC=CC2Br. The summed E-state index contributed by atoms with van der Waals surface area (Å²) in [6.07, 6.45) is 15.2. The van der Waals surface area contributed by atoms with Crippen LogP contribution in [0, 0.1) is 0 Å². The highest BCUT2D eigenvalue weighted by molar-refractivity contribution is 9.09. The van der Waals surface area contributed by atoms with Gasteiger partial charge in [0.15, 0.2) is 0 Å². The maximum absolute atomic E-state index is 3.89. The summed E-state index contributed by atoms with van der Waals surface area (Å²) in [7, 11) is 0. The molecular formula is C26H24BrN. The maximum atomic E-state index is 3.89. The van der Waals surface area contributed by atoms with Crippen LogP contribution in [0.4, 0.5) is 0 Å². The van der Waals surface area contributed by atoms with Crippen molar-refractivity contribution in [2.75, 3.05) is 0 Å². The number of alkyl halides is 1. The molecule has 3 aromatic rings. The van der Waals surface area contributed by atoms with E-state index in [1.165, 1.54) is 33.8 Å². The lowest BCUT2D eigenvalue weighted by molar-refractivity contribution is 1.02. The summed E-state index contributed by atoms with van der Waals surface area (Å²) in [5.41, 5.74) is 7.84. The highest BCUT2D eigenvalue weighted by Gasteiger charge is 2.24. The Bertz CT molecular complexity index is 1020. The molecule has 140 valence electrons. The third kappa shape index (κ3) is 3.70. The van der Waals surface area contributed by atoms with Gasteiger partial charge in [0.05, 0.1) is 10.5 Å². The average molecular weight is 430 g/mol. The van der Waals surface area contributed by atoms with Gasteiger partial charge in [0, 0.05) is 11.4 Å². The van der Waals surface area contributed by atoms with Gasteiger partial charge in [0.25, 0.3) is 0 Å². The lowest BCUT2D eigenvalue weighted by Crippen LogP contribution is -2.00. The third-order valence-electron chi connectivity index (χ3n) is 5.15. The third-order valence-corrected chi connectivity index (χ3v) is 5.92. The Morgan fingerprint density at radius 3 is 2.39 bits per heavy atom. The van der Waals surface area contributed by atoms with E-state index in [4.69, 9.17) is 0 Å². The number of halogens is 1. The van der Waals surface area contributed by atoms with E-state index in [0.29, 0.717) is 0 Å². The van der Waals surface area contributed by atoms with Crippen molar-refractivity contribution in [2.24, 2.45) is 0 Å². The van der Waals surface area contributed by atoms with Gasteiger partial charge in [-0.1, -0.05) is 95.7 Å². The Morgan fingerprint density at radius 2 is 1.68 bits per heavy atom. The zero-order valence-corrected chi connectivity index (χ0v) is 17.6. The first-order valence-electron chi connectivity index (χ1n) is 9.82. The van der Waals surface area contributed by atoms with Crippen LogP contribution in [0.5, 0.6) is 0 Å². The summed E-state index contributed by atoms with van der Waals surface area (Å²) in [6, 6.07) is 21.3. The fourth-order valence-corrected chi connectivity index (χ4v) is 4.56. The van der Waals surface area contributed by atoms with E-state index in [-0.39, 0.29) is 4.83 Å². The summed E-state index contributed by atoms with van der Waals surface area (Å²) in [5.74, 6) is 0. The van der Waals surface area contributed by atoms with Gasteiger partial charge in [-0.3, -0.25) is 0 Å². The van der Waals surface area contributed by atoms with Crippen LogP contribution in [0.1, 0.15) is 39.8 Å². The van der Waals surface area contributed by atoms with Gasteiger partial charge in [-0.05, 0) is 53.8 Å². The van der Waals surface area contributed by atoms with Crippen molar-refractivity contribution < 1.29 is 0 Å². The first kappa shape index (κ1) is 18.8. The molecule has 0 aliphatic heterocycles. The molecule has 0 saturated heterocycles. The largest absolute Gasteiger partial charge is 0.310 e. The molecule has 1 aliphatic rings.